The van der Waals surface area contributed by atoms with Crippen LogP contribution in [0.3, 0.4) is 0 Å². The molecule has 92 valence electrons. The van der Waals surface area contributed by atoms with Gasteiger partial charge in [0, 0.05) is 19.3 Å². The van der Waals surface area contributed by atoms with Crippen LogP contribution in [0.25, 0.3) is 6.08 Å². The second-order valence-electron chi connectivity index (χ2n) is 4.76. The number of hydrogen-bond donors (Lipinski definition) is 0. The van der Waals surface area contributed by atoms with Gasteiger partial charge in [0.1, 0.15) is 0 Å². The molecule has 1 aromatic heterocycles. The normalized spacial score (nSPS) is 11.8. The first-order valence-electron chi connectivity index (χ1n) is 5.21. The summed E-state index contributed by atoms with van der Waals surface area (Å²) in [5.41, 5.74) is -0.0539. The van der Waals surface area contributed by atoms with Gasteiger partial charge in [-0.1, -0.05) is 0 Å². The number of nitrogens with zero attached hydrogens (tertiary/aromatic N) is 2. The Morgan fingerprint density at radius 2 is 2.06 bits per heavy atom. The smallest absolute Gasteiger partial charge is 0.338 e. The van der Waals surface area contributed by atoms with E-state index in [-0.39, 0.29) is 0 Å². The zero-order chi connectivity index (χ0) is 13.1. The number of carbonyl (C=O) groups is 2. The number of esters is 2. The summed E-state index contributed by atoms with van der Waals surface area (Å²) in [6.45, 7) is 5.06. The molecule has 17 heavy (non-hydrogen) atoms. The van der Waals surface area contributed by atoms with Crippen LogP contribution in [0.2, 0.25) is 0 Å². The van der Waals surface area contributed by atoms with Crippen molar-refractivity contribution in [3.05, 3.63) is 24.3 Å². The number of rotatable bonds is 2. The molecule has 0 N–H and O–H groups in total. The van der Waals surface area contributed by atoms with Crippen molar-refractivity contribution < 1.29 is 14.3 Å². The number of aromatic nitrogens is 2. The predicted octanol–water partition coefficient (Wildman–Crippen LogP) is 1.55. The van der Waals surface area contributed by atoms with Crippen LogP contribution < -0.4 is 0 Å². The summed E-state index contributed by atoms with van der Waals surface area (Å²) in [6.07, 6.45) is 6.05. The van der Waals surface area contributed by atoms with Gasteiger partial charge in [-0.2, -0.15) is 0 Å². The van der Waals surface area contributed by atoms with E-state index in [1.54, 1.807) is 37.9 Å². The molecule has 5 nitrogen and oxygen atoms in total. The third-order valence-corrected chi connectivity index (χ3v) is 1.92. The number of carbonyl (C=O) groups excluding carboxylic acids is 2. The quantitative estimate of drug-likeness (QED) is 0.444. The molecule has 0 unspecified atom stereocenters. The highest BCUT2D eigenvalue weighted by Crippen LogP contribution is 2.15. The maximum Gasteiger partial charge on any atom is 0.338 e. The Kier molecular flexibility index (Phi) is 3.83. The zero-order valence-electron chi connectivity index (χ0n) is 10.4. The second-order valence-corrected chi connectivity index (χ2v) is 4.76. The standard InChI is InChI=1S/C12H16N2O3/c1-12(2,3)11(16)17-10(15)6-5-9-7-14(4)8-13-9/h5-8H,1-4H3/b6-5+. The van der Waals surface area contributed by atoms with Crippen LogP contribution in [-0.4, -0.2) is 21.5 Å². The molecular formula is C12H16N2O3. The Morgan fingerprint density at radius 1 is 1.41 bits per heavy atom. The Balaban J connectivity index is 2.56. The lowest BCUT2D eigenvalue weighted by Crippen LogP contribution is -2.25. The van der Waals surface area contributed by atoms with Crippen LogP contribution in [0.5, 0.6) is 0 Å². The van der Waals surface area contributed by atoms with Gasteiger partial charge in [-0.3, -0.25) is 4.79 Å². The summed E-state index contributed by atoms with van der Waals surface area (Å²) in [6, 6.07) is 0. The topological polar surface area (TPSA) is 61.2 Å². The van der Waals surface area contributed by atoms with Gasteiger partial charge in [0.25, 0.3) is 0 Å². The summed E-state index contributed by atoms with van der Waals surface area (Å²) < 4.78 is 6.40. The van der Waals surface area contributed by atoms with Gasteiger partial charge in [-0.15, -0.1) is 0 Å². The molecule has 0 spiro atoms. The zero-order valence-corrected chi connectivity index (χ0v) is 10.4. The molecule has 0 radical (unpaired) electrons. The van der Waals surface area contributed by atoms with E-state index in [4.69, 9.17) is 0 Å². The van der Waals surface area contributed by atoms with Crippen LogP contribution >= 0.6 is 0 Å². The van der Waals surface area contributed by atoms with E-state index in [0.717, 1.165) is 0 Å². The van der Waals surface area contributed by atoms with Gasteiger partial charge in [0.15, 0.2) is 0 Å². The van der Waals surface area contributed by atoms with Gasteiger partial charge < -0.3 is 9.30 Å². The summed E-state index contributed by atoms with van der Waals surface area (Å²) in [7, 11) is 1.83. The molecule has 0 amide bonds. The molecule has 0 fully saturated rings. The molecule has 0 atom stereocenters. The summed E-state index contributed by atoms with van der Waals surface area (Å²) in [5, 5.41) is 0. The minimum atomic E-state index is -0.686. The lowest BCUT2D eigenvalue weighted by molar-refractivity contribution is -0.162. The maximum absolute atomic E-state index is 11.4. The first kappa shape index (κ1) is 13.2. The van der Waals surface area contributed by atoms with E-state index in [1.807, 2.05) is 7.05 Å². The molecule has 0 aliphatic heterocycles. The van der Waals surface area contributed by atoms with Crippen LogP contribution in [0.4, 0.5) is 0 Å². The highest BCUT2D eigenvalue weighted by atomic mass is 16.6. The number of ether oxygens (including phenoxy) is 1. The number of aryl methyl sites for hydroxylation is 1. The highest BCUT2D eigenvalue weighted by Gasteiger charge is 2.24. The lowest BCUT2D eigenvalue weighted by atomic mass is 9.97. The third kappa shape index (κ3) is 4.22. The fraction of sp³-hybridized carbons (Fsp3) is 0.417. The van der Waals surface area contributed by atoms with Crippen molar-refractivity contribution in [3.8, 4) is 0 Å². The summed E-state index contributed by atoms with van der Waals surface area (Å²) in [5.74, 6) is -1.23. The first-order chi connectivity index (χ1) is 7.79. The van der Waals surface area contributed by atoms with Crippen molar-refractivity contribution in [1.29, 1.82) is 0 Å². The summed E-state index contributed by atoms with van der Waals surface area (Å²) in [4.78, 5) is 26.7. The van der Waals surface area contributed by atoms with Crippen molar-refractivity contribution in [3.63, 3.8) is 0 Å². The van der Waals surface area contributed by atoms with Gasteiger partial charge in [0.2, 0.25) is 0 Å². The van der Waals surface area contributed by atoms with E-state index >= 15 is 0 Å². The molecular weight excluding hydrogens is 220 g/mol. The molecule has 5 heteroatoms. The molecule has 0 aliphatic carbocycles. The van der Waals surface area contributed by atoms with Gasteiger partial charge in [0.05, 0.1) is 17.4 Å². The number of imidazole rings is 1. The van der Waals surface area contributed by atoms with Gasteiger partial charge >= 0.3 is 11.9 Å². The highest BCUT2D eigenvalue weighted by molar-refractivity contribution is 5.95. The lowest BCUT2D eigenvalue weighted by Gasteiger charge is -2.14. The predicted molar refractivity (Wildman–Crippen MR) is 62.8 cm³/mol. The molecule has 0 aliphatic rings. The van der Waals surface area contributed by atoms with E-state index in [1.165, 1.54) is 12.2 Å². The van der Waals surface area contributed by atoms with Crippen molar-refractivity contribution in [2.24, 2.45) is 12.5 Å². The Bertz CT molecular complexity index is 453. The van der Waals surface area contributed by atoms with Crippen molar-refractivity contribution >= 4 is 18.0 Å². The number of hydrogen-bond acceptors (Lipinski definition) is 4. The van der Waals surface area contributed by atoms with Crippen LogP contribution in [-0.2, 0) is 21.4 Å². The molecule has 1 rings (SSSR count). The van der Waals surface area contributed by atoms with Crippen LogP contribution in [0, 0.1) is 5.41 Å². The Hall–Kier alpha value is -1.91. The molecule has 1 heterocycles. The fourth-order valence-corrected chi connectivity index (χ4v) is 0.951. The van der Waals surface area contributed by atoms with Gasteiger partial charge in [-0.05, 0) is 26.8 Å². The third-order valence-electron chi connectivity index (χ3n) is 1.92. The second kappa shape index (κ2) is 4.95. The van der Waals surface area contributed by atoms with E-state index in [2.05, 4.69) is 9.72 Å². The van der Waals surface area contributed by atoms with E-state index in [9.17, 15) is 9.59 Å². The molecule has 0 bridgehead atoms. The Labute approximate surface area is 100 Å². The first-order valence-corrected chi connectivity index (χ1v) is 5.21. The van der Waals surface area contributed by atoms with Gasteiger partial charge in [-0.25, -0.2) is 9.78 Å². The van der Waals surface area contributed by atoms with Crippen molar-refractivity contribution in [2.75, 3.05) is 0 Å². The minimum absolute atomic E-state index is 0.548. The molecule has 0 saturated carbocycles. The maximum atomic E-state index is 11.4. The summed E-state index contributed by atoms with van der Waals surface area (Å²) >= 11 is 0. The van der Waals surface area contributed by atoms with Crippen LogP contribution in [0.1, 0.15) is 26.5 Å². The van der Waals surface area contributed by atoms with Crippen molar-refractivity contribution in [2.45, 2.75) is 20.8 Å². The molecule has 0 saturated heterocycles. The Morgan fingerprint density at radius 3 is 2.53 bits per heavy atom. The van der Waals surface area contributed by atoms with E-state index < -0.39 is 17.4 Å². The largest absolute Gasteiger partial charge is 0.389 e. The molecule has 1 aromatic rings. The average Bonchev–Trinajstić information content (AvgIpc) is 2.60. The SMILES string of the molecule is Cn1cnc(/C=C/C(=O)OC(=O)C(C)(C)C)c1. The van der Waals surface area contributed by atoms with E-state index in [0.29, 0.717) is 5.69 Å². The monoisotopic (exact) mass is 236 g/mol. The molecule has 0 aromatic carbocycles. The fourth-order valence-electron chi connectivity index (χ4n) is 0.951. The van der Waals surface area contributed by atoms with Crippen LogP contribution in [0.15, 0.2) is 18.6 Å². The van der Waals surface area contributed by atoms with Crippen molar-refractivity contribution in [1.82, 2.24) is 9.55 Å². The minimum Gasteiger partial charge on any atom is -0.389 e. The average molecular weight is 236 g/mol.